The summed E-state index contributed by atoms with van der Waals surface area (Å²) in [6.45, 7) is 3.61. The summed E-state index contributed by atoms with van der Waals surface area (Å²) < 4.78 is 31.3. The maximum absolute atomic E-state index is 12.1. The van der Waals surface area contributed by atoms with E-state index in [9.17, 15) is 18.3 Å². The SMILES string of the molecule is COc1ccc(S(=O)(=O)N[C@@H](CC(C)C)C(=O)[O-])cc1. The molecule has 112 valence electrons. The van der Waals surface area contributed by atoms with Crippen LogP contribution in [0.2, 0.25) is 0 Å². The van der Waals surface area contributed by atoms with E-state index in [0.717, 1.165) is 0 Å². The third-order valence-corrected chi connectivity index (χ3v) is 4.15. The summed E-state index contributed by atoms with van der Waals surface area (Å²) in [6, 6.07) is 4.43. The van der Waals surface area contributed by atoms with E-state index < -0.39 is 22.0 Å². The molecule has 0 unspecified atom stereocenters. The van der Waals surface area contributed by atoms with E-state index in [-0.39, 0.29) is 17.2 Å². The van der Waals surface area contributed by atoms with Gasteiger partial charge in [0.2, 0.25) is 10.0 Å². The van der Waals surface area contributed by atoms with Gasteiger partial charge in [0, 0.05) is 0 Å². The third-order valence-electron chi connectivity index (χ3n) is 2.66. The van der Waals surface area contributed by atoms with Gasteiger partial charge in [0.05, 0.1) is 24.0 Å². The standard InChI is InChI=1S/C13H19NO5S/c1-9(2)8-12(13(15)16)14-20(17,18)11-6-4-10(19-3)5-7-11/h4-7,9,12,14H,8H2,1-3H3,(H,15,16)/p-1/t12-/m0/s1. The van der Waals surface area contributed by atoms with Crippen LogP contribution in [0.4, 0.5) is 0 Å². The fourth-order valence-corrected chi connectivity index (χ4v) is 2.87. The molecule has 0 bridgehead atoms. The molecule has 0 fully saturated rings. The molecule has 0 saturated heterocycles. The van der Waals surface area contributed by atoms with Crippen LogP contribution in [0.5, 0.6) is 5.75 Å². The highest BCUT2D eigenvalue weighted by Gasteiger charge is 2.21. The molecular weight excluding hydrogens is 282 g/mol. The smallest absolute Gasteiger partial charge is 0.241 e. The number of carboxylic acids is 1. The van der Waals surface area contributed by atoms with Crippen LogP contribution in [-0.4, -0.2) is 27.5 Å². The predicted molar refractivity (Wildman–Crippen MR) is 71.6 cm³/mol. The average molecular weight is 300 g/mol. The minimum atomic E-state index is -3.90. The van der Waals surface area contributed by atoms with Gasteiger partial charge in [0.15, 0.2) is 0 Å². The van der Waals surface area contributed by atoms with Crippen molar-refractivity contribution < 1.29 is 23.1 Å². The van der Waals surface area contributed by atoms with Crippen LogP contribution in [0.3, 0.4) is 0 Å². The van der Waals surface area contributed by atoms with Crippen molar-refractivity contribution in [3.8, 4) is 5.75 Å². The summed E-state index contributed by atoms with van der Waals surface area (Å²) in [4.78, 5) is 11.0. The second kappa shape index (κ2) is 6.71. The lowest BCUT2D eigenvalue weighted by Gasteiger charge is -2.21. The van der Waals surface area contributed by atoms with Gasteiger partial charge < -0.3 is 14.6 Å². The Labute approximate surface area is 118 Å². The number of rotatable bonds is 7. The summed E-state index contributed by atoms with van der Waals surface area (Å²) in [6.07, 6.45) is 0.164. The van der Waals surface area contributed by atoms with Gasteiger partial charge in [0.25, 0.3) is 0 Å². The van der Waals surface area contributed by atoms with E-state index in [4.69, 9.17) is 4.74 Å². The van der Waals surface area contributed by atoms with Crippen LogP contribution in [0, 0.1) is 5.92 Å². The highest BCUT2D eigenvalue weighted by molar-refractivity contribution is 7.89. The van der Waals surface area contributed by atoms with E-state index in [0.29, 0.717) is 5.75 Å². The Morgan fingerprint density at radius 3 is 2.25 bits per heavy atom. The van der Waals surface area contributed by atoms with Crippen molar-refractivity contribution in [3.05, 3.63) is 24.3 Å². The van der Waals surface area contributed by atoms with Crippen LogP contribution in [-0.2, 0) is 14.8 Å². The van der Waals surface area contributed by atoms with Crippen LogP contribution in [0.15, 0.2) is 29.2 Å². The maximum Gasteiger partial charge on any atom is 0.241 e. The van der Waals surface area contributed by atoms with Crippen molar-refractivity contribution in [2.24, 2.45) is 5.92 Å². The first-order valence-electron chi connectivity index (χ1n) is 6.13. The number of hydrogen-bond donors (Lipinski definition) is 1. The topological polar surface area (TPSA) is 95.5 Å². The molecule has 1 atom stereocenters. The van der Waals surface area contributed by atoms with Gasteiger partial charge in [-0.25, -0.2) is 13.1 Å². The molecule has 1 aromatic rings. The lowest BCUT2D eigenvalue weighted by molar-refractivity contribution is -0.308. The number of sulfonamides is 1. The summed E-state index contributed by atoms with van der Waals surface area (Å²) in [5.74, 6) is -0.894. The van der Waals surface area contributed by atoms with E-state index in [1.54, 1.807) is 13.8 Å². The predicted octanol–water partition coefficient (Wildman–Crippen LogP) is 0.138. The van der Waals surface area contributed by atoms with Crippen LogP contribution in [0.25, 0.3) is 0 Å². The number of methoxy groups -OCH3 is 1. The number of carbonyl (C=O) groups is 1. The first kappa shape index (κ1) is 16.5. The number of benzene rings is 1. The minimum Gasteiger partial charge on any atom is -0.548 e. The van der Waals surface area contributed by atoms with Gasteiger partial charge in [0.1, 0.15) is 5.75 Å². The molecule has 1 aromatic carbocycles. The van der Waals surface area contributed by atoms with Crippen molar-refractivity contribution in [2.45, 2.75) is 31.2 Å². The molecule has 0 saturated carbocycles. The molecule has 1 rings (SSSR count). The highest BCUT2D eigenvalue weighted by Crippen LogP contribution is 2.16. The van der Waals surface area contributed by atoms with Crippen molar-refractivity contribution in [2.75, 3.05) is 7.11 Å². The third kappa shape index (κ3) is 4.50. The number of carboxylic acid groups (broad SMARTS) is 1. The zero-order valence-electron chi connectivity index (χ0n) is 11.6. The quantitative estimate of drug-likeness (QED) is 0.772. The normalized spacial score (nSPS) is 13.2. The summed E-state index contributed by atoms with van der Waals surface area (Å²) in [7, 11) is -2.43. The molecule has 0 heterocycles. The Hall–Kier alpha value is -1.60. The molecule has 0 aromatic heterocycles. The molecule has 0 aliphatic rings. The monoisotopic (exact) mass is 300 g/mol. The summed E-state index contributed by atoms with van der Waals surface area (Å²) in [5, 5.41) is 11.0. The molecular formula is C13H18NO5S-. The van der Waals surface area contributed by atoms with Gasteiger partial charge in [-0.05, 0) is 36.6 Å². The number of carbonyl (C=O) groups excluding carboxylic acids is 1. The molecule has 0 spiro atoms. The Kier molecular flexibility index (Phi) is 5.52. The molecule has 7 heteroatoms. The molecule has 20 heavy (non-hydrogen) atoms. The Balaban J connectivity index is 2.93. The number of nitrogens with one attached hydrogen (secondary N) is 1. The van der Waals surface area contributed by atoms with Gasteiger partial charge >= 0.3 is 0 Å². The van der Waals surface area contributed by atoms with Crippen molar-refractivity contribution >= 4 is 16.0 Å². The maximum atomic E-state index is 12.1. The zero-order valence-corrected chi connectivity index (χ0v) is 12.4. The van der Waals surface area contributed by atoms with Crippen LogP contribution < -0.4 is 14.6 Å². The molecule has 6 nitrogen and oxygen atoms in total. The van der Waals surface area contributed by atoms with E-state index in [1.807, 2.05) is 0 Å². The second-order valence-corrected chi connectivity index (χ2v) is 6.51. The molecule has 0 aliphatic heterocycles. The van der Waals surface area contributed by atoms with Crippen LogP contribution in [0.1, 0.15) is 20.3 Å². The van der Waals surface area contributed by atoms with Gasteiger partial charge in [-0.1, -0.05) is 13.8 Å². The molecule has 1 N–H and O–H groups in total. The van der Waals surface area contributed by atoms with Crippen molar-refractivity contribution in [3.63, 3.8) is 0 Å². The average Bonchev–Trinajstić information content (AvgIpc) is 2.37. The molecule has 0 amide bonds. The Morgan fingerprint density at radius 1 is 1.30 bits per heavy atom. The second-order valence-electron chi connectivity index (χ2n) is 4.80. The highest BCUT2D eigenvalue weighted by atomic mass is 32.2. The number of hydrogen-bond acceptors (Lipinski definition) is 5. The van der Waals surface area contributed by atoms with Gasteiger partial charge in [-0.2, -0.15) is 0 Å². The minimum absolute atomic E-state index is 0.0201. The number of ether oxygens (including phenoxy) is 1. The van der Waals surface area contributed by atoms with Gasteiger partial charge in [-0.15, -0.1) is 0 Å². The van der Waals surface area contributed by atoms with E-state index in [1.165, 1.54) is 31.4 Å². The fourth-order valence-electron chi connectivity index (χ4n) is 1.67. The van der Waals surface area contributed by atoms with Crippen LogP contribution >= 0.6 is 0 Å². The molecule has 0 aliphatic carbocycles. The van der Waals surface area contributed by atoms with Crippen molar-refractivity contribution in [1.29, 1.82) is 0 Å². The summed E-state index contributed by atoms with van der Waals surface area (Å²) >= 11 is 0. The number of aliphatic carboxylic acids is 1. The van der Waals surface area contributed by atoms with Gasteiger partial charge in [-0.3, -0.25) is 0 Å². The summed E-state index contributed by atoms with van der Waals surface area (Å²) in [5.41, 5.74) is 0. The Bertz CT molecular complexity index is 551. The molecule has 0 radical (unpaired) electrons. The lowest BCUT2D eigenvalue weighted by Crippen LogP contribution is -2.48. The largest absolute Gasteiger partial charge is 0.548 e. The zero-order chi connectivity index (χ0) is 15.3. The first-order chi connectivity index (χ1) is 9.26. The lowest BCUT2D eigenvalue weighted by atomic mass is 10.1. The van der Waals surface area contributed by atoms with E-state index >= 15 is 0 Å². The Morgan fingerprint density at radius 2 is 1.85 bits per heavy atom. The first-order valence-corrected chi connectivity index (χ1v) is 7.62. The van der Waals surface area contributed by atoms with E-state index in [2.05, 4.69) is 4.72 Å². The fraction of sp³-hybridized carbons (Fsp3) is 0.462. The van der Waals surface area contributed by atoms with Crippen molar-refractivity contribution in [1.82, 2.24) is 4.72 Å².